The van der Waals surface area contributed by atoms with Crippen molar-refractivity contribution in [2.45, 2.75) is 46.1 Å². The van der Waals surface area contributed by atoms with Gasteiger partial charge >= 0.3 is 0 Å². The van der Waals surface area contributed by atoms with E-state index in [1.165, 1.54) is 5.69 Å². The summed E-state index contributed by atoms with van der Waals surface area (Å²) in [5, 5.41) is 5.68. The smallest absolute Gasteiger partial charge is 0.0627 e. The maximum absolute atomic E-state index is 4.64. The van der Waals surface area contributed by atoms with Crippen LogP contribution in [0.1, 0.15) is 45.3 Å². The molecule has 0 amide bonds. The number of rotatable bonds is 6. The molecule has 86 valence electrons. The number of halogens is 1. The fraction of sp³-hybridized carbons (Fsp3) is 0.750. The number of aromatic nitrogens is 2. The van der Waals surface area contributed by atoms with Crippen molar-refractivity contribution in [3.05, 3.63) is 18.0 Å². The first-order chi connectivity index (χ1) is 7.21. The first-order valence-corrected chi connectivity index (χ1v) is 6.93. The minimum absolute atomic E-state index is 0.568. The van der Waals surface area contributed by atoms with Crippen molar-refractivity contribution in [3.63, 3.8) is 0 Å². The first-order valence-electron chi connectivity index (χ1n) is 5.81. The van der Waals surface area contributed by atoms with Crippen molar-refractivity contribution in [2.24, 2.45) is 5.92 Å². The van der Waals surface area contributed by atoms with E-state index in [2.05, 4.69) is 58.7 Å². The van der Waals surface area contributed by atoms with Gasteiger partial charge in [0, 0.05) is 11.5 Å². The van der Waals surface area contributed by atoms with Crippen LogP contribution in [0, 0.1) is 5.92 Å². The van der Waals surface area contributed by atoms with Gasteiger partial charge in [0.2, 0.25) is 0 Å². The maximum atomic E-state index is 4.64. The van der Waals surface area contributed by atoms with E-state index in [9.17, 15) is 0 Å². The highest BCUT2D eigenvalue weighted by molar-refractivity contribution is 9.09. The van der Waals surface area contributed by atoms with Crippen LogP contribution in [-0.2, 0) is 6.42 Å². The molecule has 2 nitrogen and oxygen atoms in total. The molecule has 0 bridgehead atoms. The molecule has 1 aromatic heterocycles. The Balaban J connectivity index is 2.63. The van der Waals surface area contributed by atoms with E-state index in [0.29, 0.717) is 12.0 Å². The summed E-state index contributed by atoms with van der Waals surface area (Å²) < 4.78 is 2.12. The summed E-state index contributed by atoms with van der Waals surface area (Å²) in [6.45, 7) is 6.68. The zero-order valence-corrected chi connectivity index (χ0v) is 11.5. The molecule has 1 unspecified atom stereocenters. The SMILES string of the molecule is CCC(CC)n1ccc(CC(C)CBr)n1. The molecule has 3 heteroatoms. The van der Waals surface area contributed by atoms with Crippen LogP contribution < -0.4 is 0 Å². The van der Waals surface area contributed by atoms with Crippen LogP contribution in [0.25, 0.3) is 0 Å². The van der Waals surface area contributed by atoms with Gasteiger partial charge in [-0.05, 0) is 31.2 Å². The van der Waals surface area contributed by atoms with Gasteiger partial charge < -0.3 is 0 Å². The standard InChI is InChI=1S/C12H21BrN2/c1-4-12(5-2)15-7-6-11(14-15)8-10(3)9-13/h6-7,10,12H,4-5,8-9H2,1-3H3. The summed E-state index contributed by atoms with van der Waals surface area (Å²) in [6.07, 6.45) is 5.50. The van der Waals surface area contributed by atoms with E-state index in [1.54, 1.807) is 0 Å². The van der Waals surface area contributed by atoms with Gasteiger partial charge in [0.05, 0.1) is 11.7 Å². The van der Waals surface area contributed by atoms with Crippen LogP contribution in [0.15, 0.2) is 12.3 Å². The third kappa shape index (κ3) is 3.63. The average molecular weight is 273 g/mol. The second-order valence-corrected chi connectivity index (χ2v) is 4.87. The van der Waals surface area contributed by atoms with Gasteiger partial charge in [-0.1, -0.05) is 36.7 Å². The van der Waals surface area contributed by atoms with Crippen LogP contribution in [0.4, 0.5) is 0 Å². The van der Waals surface area contributed by atoms with Crippen molar-refractivity contribution in [1.82, 2.24) is 9.78 Å². The van der Waals surface area contributed by atoms with Crippen molar-refractivity contribution >= 4 is 15.9 Å². The highest BCUT2D eigenvalue weighted by atomic mass is 79.9. The molecule has 0 aliphatic rings. The van der Waals surface area contributed by atoms with Crippen LogP contribution in [0.2, 0.25) is 0 Å². The van der Waals surface area contributed by atoms with Crippen molar-refractivity contribution < 1.29 is 0 Å². The van der Waals surface area contributed by atoms with Crippen LogP contribution in [-0.4, -0.2) is 15.1 Å². The van der Waals surface area contributed by atoms with E-state index in [0.717, 1.165) is 24.6 Å². The van der Waals surface area contributed by atoms with E-state index >= 15 is 0 Å². The molecule has 1 heterocycles. The van der Waals surface area contributed by atoms with Gasteiger partial charge in [0.15, 0.2) is 0 Å². The molecule has 0 aromatic carbocycles. The van der Waals surface area contributed by atoms with Gasteiger partial charge in [0.25, 0.3) is 0 Å². The Morgan fingerprint density at radius 2 is 2.07 bits per heavy atom. The number of nitrogens with zero attached hydrogens (tertiary/aromatic N) is 2. The molecule has 0 saturated heterocycles. The van der Waals surface area contributed by atoms with Crippen molar-refractivity contribution in [1.29, 1.82) is 0 Å². The van der Waals surface area contributed by atoms with E-state index in [1.807, 2.05) is 0 Å². The zero-order chi connectivity index (χ0) is 11.3. The quantitative estimate of drug-likeness (QED) is 0.720. The lowest BCUT2D eigenvalue weighted by Crippen LogP contribution is -2.09. The third-order valence-electron chi connectivity index (χ3n) is 2.80. The lowest BCUT2D eigenvalue weighted by molar-refractivity contribution is 0.423. The second-order valence-electron chi connectivity index (χ2n) is 4.22. The van der Waals surface area contributed by atoms with Gasteiger partial charge in [-0.2, -0.15) is 5.10 Å². The van der Waals surface area contributed by atoms with Gasteiger partial charge in [-0.3, -0.25) is 4.68 Å². The van der Waals surface area contributed by atoms with Crippen molar-refractivity contribution in [2.75, 3.05) is 5.33 Å². The molecule has 0 spiro atoms. The monoisotopic (exact) mass is 272 g/mol. The minimum atomic E-state index is 0.568. The highest BCUT2D eigenvalue weighted by Crippen LogP contribution is 2.16. The summed E-state index contributed by atoms with van der Waals surface area (Å²) in [6, 6.07) is 2.72. The van der Waals surface area contributed by atoms with Crippen LogP contribution >= 0.6 is 15.9 Å². The summed E-state index contributed by atoms with van der Waals surface area (Å²) in [5.74, 6) is 0.662. The van der Waals surface area contributed by atoms with E-state index < -0.39 is 0 Å². The molecular formula is C12H21BrN2. The van der Waals surface area contributed by atoms with Crippen LogP contribution in [0.5, 0.6) is 0 Å². The summed E-state index contributed by atoms with van der Waals surface area (Å²) in [4.78, 5) is 0. The lowest BCUT2D eigenvalue weighted by Gasteiger charge is -2.12. The molecule has 1 aromatic rings. The zero-order valence-electron chi connectivity index (χ0n) is 9.91. The van der Waals surface area contributed by atoms with Crippen molar-refractivity contribution in [3.8, 4) is 0 Å². The Kier molecular flexibility index (Phi) is 5.37. The Labute approximate surface area is 101 Å². The molecule has 0 aliphatic carbocycles. The number of hydrogen-bond acceptors (Lipinski definition) is 1. The second kappa shape index (κ2) is 6.31. The summed E-state index contributed by atoms with van der Waals surface area (Å²) in [5.41, 5.74) is 1.22. The Bertz CT molecular complexity index is 279. The van der Waals surface area contributed by atoms with Crippen LogP contribution in [0.3, 0.4) is 0 Å². The van der Waals surface area contributed by atoms with Gasteiger partial charge in [-0.25, -0.2) is 0 Å². The highest BCUT2D eigenvalue weighted by Gasteiger charge is 2.09. The molecule has 0 aliphatic heterocycles. The number of hydrogen-bond donors (Lipinski definition) is 0. The first kappa shape index (κ1) is 12.8. The molecule has 1 atom stereocenters. The molecule has 1 rings (SSSR count). The Morgan fingerprint density at radius 3 is 2.60 bits per heavy atom. The van der Waals surface area contributed by atoms with Gasteiger partial charge in [-0.15, -0.1) is 0 Å². The predicted octanol–water partition coefficient (Wildman–Crippen LogP) is 3.82. The molecule has 0 N–H and O–H groups in total. The molecule has 0 fully saturated rings. The minimum Gasteiger partial charge on any atom is -0.269 e. The number of alkyl halides is 1. The largest absolute Gasteiger partial charge is 0.269 e. The molecular weight excluding hydrogens is 252 g/mol. The maximum Gasteiger partial charge on any atom is 0.0627 e. The molecule has 15 heavy (non-hydrogen) atoms. The van der Waals surface area contributed by atoms with E-state index in [4.69, 9.17) is 0 Å². The third-order valence-corrected chi connectivity index (χ3v) is 3.91. The van der Waals surface area contributed by atoms with Gasteiger partial charge in [0.1, 0.15) is 0 Å². The average Bonchev–Trinajstić information content (AvgIpc) is 2.68. The lowest BCUT2D eigenvalue weighted by atomic mass is 10.1. The normalized spacial score (nSPS) is 13.4. The topological polar surface area (TPSA) is 17.8 Å². The summed E-state index contributed by atoms with van der Waals surface area (Å²) >= 11 is 3.50. The molecule has 0 saturated carbocycles. The Hall–Kier alpha value is -0.310. The molecule has 0 radical (unpaired) electrons. The predicted molar refractivity (Wildman–Crippen MR) is 68.5 cm³/mol. The van der Waals surface area contributed by atoms with E-state index in [-0.39, 0.29) is 0 Å². The fourth-order valence-electron chi connectivity index (χ4n) is 1.76. The summed E-state index contributed by atoms with van der Waals surface area (Å²) in [7, 11) is 0. The Morgan fingerprint density at radius 1 is 1.40 bits per heavy atom. The fourth-order valence-corrected chi connectivity index (χ4v) is 1.99.